The van der Waals surface area contributed by atoms with E-state index in [1.54, 1.807) is 0 Å². The summed E-state index contributed by atoms with van der Waals surface area (Å²) in [5, 5.41) is 2.97. The second-order valence-electron chi connectivity index (χ2n) is 7.18. The van der Waals surface area contributed by atoms with Gasteiger partial charge in [-0.15, -0.1) is 0 Å². The molecule has 3 rings (SSSR count). The van der Waals surface area contributed by atoms with Crippen molar-refractivity contribution in [2.75, 3.05) is 18.4 Å². The van der Waals surface area contributed by atoms with Crippen LogP contribution in [0.5, 0.6) is 11.5 Å². The average molecular weight is 366 g/mol. The van der Waals surface area contributed by atoms with Gasteiger partial charge >= 0.3 is 0 Å². The monoisotopic (exact) mass is 366 g/mol. The highest BCUT2D eigenvalue weighted by Gasteiger charge is 2.28. The molecule has 2 aromatic rings. The smallest absolute Gasteiger partial charge is 0.227 e. The molecular formula is C22H26N2O3. The molecule has 5 nitrogen and oxygen atoms in total. The van der Waals surface area contributed by atoms with Gasteiger partial charge in [0, 0.05) is 30.6 Å². The summed E-state index contributed by atoms with van der Waals surface area (Å²) >= 11 is 0. The molecule has 1 fully saturated rings. The van der Waals surface area contributed by atoms with Crippen molar-refractivity contribution in [3.05, 3.63) is 54.6 Å². The third kappa shape index (κ3) is 5.09. The first-order chi connectivity index (χ1) is 13.0. The molecule has 5 heteroatoms. The lowest BCUT2D eigenvalue weighted by Crippen LogP contribution is -2.43. The Balaban J connectivity index is 1.50. The first kappa shape index (κ1) is 19.0. The molecule has 1 aliphatic heterocycles. The van der Waals surface area contributed by atoms with Crippen LogP contribution in [0.15, 0.2) is 54.6 Å². The van der Waals surface area contributed by atoms with Gasteiger partial charge in [0.05, 0.1) is 0 Å². The number of amides is 2. The second-order valence-corrected chi connectivity index (χ2v) is 7.18. The molecule has 0 unspecified atom stereocenters. The van der Waals surface area contributed by atoms with Gasteiger partial charge in [-0.3, -0.25) is 9.59 Å². The Labute approximate surface area is 160 Å². The van der Waals surface area contributed by atoms with E-state index in [9.17, 15) is 9.59 Å². The summed E-state index contributed by atoms with van der Waals surface area (Å²) in [5.74, 6) is 1.64. The van der Waals surface area contributed by atoms with Crippen LogP contribution in [0.1, 0.15) is 26.7 Å². The van der Waals surface area contributed by atoms with Crippen LogP contribution in [-0.4, -0.2) is 29.8 Å². The number of carbonyl (C=O) groups is 2. The number of benzene rings is 2. The molecule has 0 saturated carbocycles. The Morgan fingerprint density at radius 2 is 1.56 bits per heavy atom. The van der Waals surface area contributed by atoms with Gasteiger partial charge in [-0.2, -0.15) is 0 Å². The van der Waals surface area contributed by atoms with E-state index < -0.39 is 0 Å². The van der Waals surface area contributed by atoms with Gasteiger partial charge in [-0.1, -0.05) is 32.0 Å². The van der Waals surface area contributed by atoms with E-state index in [4.69, 9.17) is 4.74 Å². The fourth-order valence-corrected chi connectivity index (χ4v) is 3.20. The molecule has 0 aliphatic carbocycles. The number of likely N-dealkylation sites (tertiary alicyclic amines) is 1. The number of hydrogen-bond acceptors (Lipinski definition) is 3. The lowest BCUT2D eigenvalue weighted by Gasteiger charge is -2.32. The van der Waals surface area contributed by atoms with Crippen molar-refractivity contribution in [3.8, 4) is 11.5 Å². The number of nitrogens with one attached hydrogen (secondary N) is 1. The van der Waals surface area contributed by atoms with Gasteiger partial charge in [0.1, 0.15) is 11.5 Å². The van der Waals surface area contributed by atoms with Crippen molar-refractivity contribution in [1.82, 2.24) is 4.90 Å². The third-order valence-corrected chi connectivity index (χ3v) is 4.77. The Bertz CT molecular complexity index is 764. The van der Waals surface area contributed by atoms with Gasteiger partial charge in [-0.05, 0) is 49.2 Å². The largest absolute Gasteiger partial charge is 0.457 e. The molecule has 0 spiro atoms. The van der Waals surface area contributed by atoms with Gasteiger partial charge in [0.2, 0.25) is 11.8 Å². The van der Waals surface area contributed by atoms with Crippen LogP contribution in [-0.2, 0) is 9.59 Å². The van der Waals surface area contributed by atoms with E-state index in [1.165, 1.54) is 0 Å². The Morgan fingerprint density at radius 1 is 0.963 bits per heavy atom. The average Bonchev–Trinajstić information content (AvgIpc) is 2.69. The molecule has 0 aromatic heterocycles. The summed E-state index contributed by atoms with van der Waals surface area (Å²) in [4.78, 5) is 26.4. The standard InChI is InChI=1S/C22H26N2O3/c1-16(2)22(26)24-14-12-17(13-15-24)21(25)23-18-8-10-20(11-9-18)27-19-6-4-3-5-7-19/h3-11,16-17H,12-15H2,1-2H3,(H,23,25). The van der Waals surface area contributed by atoms with Crippen LogP contribution < -0.4 is 10.1 Å². The number of anilines is 1. The van der Waals surface area contributed by atoms with Crippen LogP contribution in [0.3, 0.4) is 0 Å². The van der Waals surface area contributed by atoms with Crippen LogP contribution in [0, 0.1) is 11.8 Å². The maximum Gasteiger partial charge on any atom is 0.227 e. The third-order valence-electron chi connectivity index (χ3n) is 4.77. The molecule has 1 aliphatic rings. The number of rotatable bonds is 5. The van der Waals surface area contributed by atoms with Gasteiger partial charge in [-0.25, -0.2) is 0 Å². The number of carbonyl (C=O) groups excluding carboxylic acids is 2. The van der Waals surface area contributed by atoms with E-state index in [2.05, 4.69) is 5.32 Å². The molecule has 0 radical (unpaired) electrons. The molecule has 2 aromatic carbocycles. The summed E-state index contributed by atoms with van der Waals surface area (Å²) in [6, 6.07) is 16.9. The van der Waals surface area contributed by atoms with Gasteiger partial charge in [0.15, 0.2) is 0 Å². The molecule has 0 atom stereocenters. The van der Waals surface area contributed by atoms with Crippen molar-refractivity contribution >= 4 is 17.5 Å². The highest BCUT2D eigenvalue weighted by Crippen LogP contribution is 2.24. The van der Waals surface area contributed by atoms with Crippen LogP contribution in [0.2, 0.25) is 0 Å². The van der Waals surface area contributed by atoms with Crippen molar-refractivity contribution < 1.29 is 14.3 Å². The Morgan fingerprint density at radius 3 is 2.15 bits per heavy atom. The quantitative estimate of drug-likeness (QED) is 0.858. The van der Waals surface area contributed by atoms with Crippen LogP contribution >= 0.6 is 0 Å². The topological polar surface area (TPSA) is 58.6 Å². The SMILES string of the molecule is CC(C)C(=O)N1CCC(C(=O)Nc2ccc(Oc3ccccc3)cc2)CC1. The first-order valence-corrected chi connectivity index (χ1v) is 9.45. The summed E-state index contributed by atoms with van der Waals surface area (Å²) in [6.07, 6.45) is 1.42. The zero-order valence-electron chi connectivity index (χ0n) is 15.9. The molecule has 2 amide bonds. The van der Waals surface area contributed by atoms with Crippen molar-refractivity contribution in [1.29, 1.82) is 0 Å². The van der Waals surface area contributed by atoms with E-state index in [1.807, 2.05) is 73.3 Å². The lowest BCUT2D eigenvalue weighted by molar-refractivity contribution is -0.137. The van der Waals surface area contributed by atoms with Crippen molar-refractivity contribution in [2.24, 2.45) is 11.8 Å². The minimum absolute atomic E-state index is 0.00648. The first-order valence-electron chi connectivity index (χ1n) is 9.45. The lowest BCUT2D eigenvalue weighted by atomic mass is 9.95. The molecule has 1 heterocycles. The number of hydrogen-bond donors (Lipinski definition) is 1. The van der Waals surface area contributed by atoms with E-state index >= 15 is 0 Å². The zero-order valence-corrected chi connectivity index (χ0v) is 15.9. The minimum Gasteiger partial charge on any atom is -0.457 e. The van der Waals surface area contributed by atoms with Crippen molar-refractivity contribution in [3.63, 3.8) is 0 Å². The van der Waals surface area contributed by atoms with Crippen LogP contribution in [0.25, 0.3) is 0 Å². The summed E-state index contributed by atoms with van der Waals surface area (Å²) in [5.41, 5.74) is 0.751. The fourth-order valence-electron chi connectivity index (χ4n) is 3.20. The molecule has 27 heavy (non-hydrogen) atoms. The van der Waals surface area contributed by atoms with E-state index in [-0.39, 0.29) is 23.7 Å². The predicted molar refractivity (Wildman–Crippen MR) is 106 cm³/mol. The number of nitrogens with zero attached hydrogens (tertiary/aromatic N) is 1. The number of piperidine rings is 1. The number of para-hydroxylation sites is 1. The summed E-state index contributed by atoms with van der Waals surface area (Å²) in [6.45, 7) is 5.12. The van der Waals surface area contributed by atoms with Crippen molar-refractivity contribution in [2.45, 2.75) is 26.7 Å². The fraction of sp³-hybridized carbons (Fsp3) is 0.364. The molecule has 1 saturated heterocycles. The highest BCUT2D eigenvalue weighted by atomic mass is 16.5. The van der Waals surface area contributed by atoms with Gasteiger partial charge in [0.25, 0.3) is 0 Å². The predicted octanol–water partition coefficient (Wildman–Crippen LogP) is 4.31. The zero-order chi connectivity index (χ0) is 19.2. The highest BCUT2D eigenvalue weighted by molar-refractivity contribution is 5.92. The summed E-state index contributed by atoms with van der Waals surface area (Å²) < 4.78 is 5.76. The molecule has 0 bridgehead atoms. The van der Waals surface area contributed by atoms with Gasteiger partial charge < -0.3 is 15.0 Å². The van der Waals surface area contributed by atoms with E-state index in [0.29, 0.717) is 25.9 Å². The maximum atomic E-state index is 12.5. The number of ether oxygens (including phenoxy) is 1. The molecule has 142 valence electrons. The second kappa shape index (κ2) is 8.71. The Hall–Kier alpha value is -2.82. The Kier molecular flexibility index (Phi) is 6.12. The summed E-state index contributed by atoms with van der Waals surface area (Å²) in [7, 11) is 0. The molecule has 1 N–H and O–H groups in total. The van der Waals surface area contributed by atoms with E-state index in [0.717, 1.165) is 17.2 Å². The minimum atomic E-state index is -0.0542. The van der Waals surface area contributed by atoms with Crippen LogP contribution in [0.4, 0.5) is 5.69 Å². The maximum absolute atomic E-state index is 12.5. The molecular weight excluding hydrogens is 340 g/mol. The normalized spacial score (nSPS) is 14.9.